The normalized spacial score (nSPS) is 12.2. The van der Waals surface area contributed by atoms with Crippen LogP contribution >= 0.6 is 33.2 Å². The number of imidazole rings is 1. The molecule has 0 saturated heterocycles. The Balaban J connectivity index is 2.26. The Bertz CT molecular complexity index is 777. The third-order valence-electron chi connectivity index (χ3n) is 3.26. The van der Waals surface area contributed by atoms with Gasteiger partial charge < -0.3 is 14.0 Å². The zero-order valence-electron chi connectivity index (χ0n) is 15.2. The largest absolute Gasteiger partial charge is 0.460 e. The van der Waals surface area contributed by atoms with E-state index in [1.165, 1.54) is 6.20 Å². The van der Waals surface area contributed by atoms with E-state index in [9.17, 15) is 4.79 Å². The molecule has 2 aromatic rings. The number of rotatable bonds is 8. The Kier molecular flexibility index (Phi) is 7.28. The van der Waals surface area contributed by atoms with Crippen molar-refractivity contribution in [3.63, 3.8) is 0 Å². The smallest absolute Gasteiger partial charge is 0.374 e. The molecule has 26 heavy (non-hydrogen) atoms. The van der Waals surface area contributed by atoms with E-state index in [1.54, 1.807) is 17.7 Å². The van der Waals surface area contributed by atoms with Gasteiger partial charge in [-0.1, -0.05) is 11.6 Å². The summed E-state index contributed by atoms with van der Waals surface area (Å²) in [5.74, 6) is 0.548. The maximum Gasteiger partial charge on any atom is 0.374 e. The van der Waals surface area contributed by atoms with Crippen molar-refractivity contribution in [3.05, 3.63) is 28.5 Å². The number of halogens is 2. The summed E-state index contributed by atoms with van der Waals surface area (Å²) in [4.78, 5) is 24.4. The standard InChI is InChI=1S/C16H22Cl2N4O3S/c1-5-25-15(23)14-20-12(13-11(17)8-19-16(18)21-13)9-22(14)10-24-6-7-26(2,3)4/h8-9H,5-7,10H2,1-4H3. The summed E-state index contributed by atoms with van der Waals surface area (Å²) in [5.41, 5.74) is 0.738. The Hall–Kier alpha value is -1.35. The van der Waals surface area contributed by atoms with Crippen LogP contribution in [0.2, 0.25) is 10.3 Å². The number of ether oxygens (including phenoxy) is 2. The SMILES string of the molecule is CCOC(=O)c1nc(-c2nc(Cl)ncc2Cl)cn1COCCS(C)(C)C. The number of esters is 1. The van der Waals surface area contributed by atoms with Gasteiger partial charge in [-0.05, 0) is 37.3 Å². The number of nitrogens with zero attached hydrogens (tertiary/aromatic N) is 4. The average molecular weight is 421 g/mol. The fraction of sp³-hybridized carbons (Fsp3) is 0.500. The second-order valence-corrected chi connectivity index (χ2v) is 11.6. The highest BCUT2D eigenvalue weighted by atomic mass is 35.5. The van der Waals surface area contributed by atoms with Crippen molar-refractivity contribution < 1.29 is 14.3 Å². The average Bonchev–Trinajstić information content (AvgIpc) is 2.97. The molecule has 0 saturated carbocycles. The lowest BCUT2D eigenvalue weighted by Gasteiger charge is -2.24. The molecule has 0 N–H and O–H groups in total. The van der Waals surface area contributed by atoms with Crippen molar-refractivity contribution in [3.8, 4) is 11.4 Å². The van der Waals surface area contributed by atoms with Crippen molar-refractivity contribution in [1.29, 1.82) is 0 Å². The molecule has 0 amide bonds. The van der Waals surface area contributed by atoms with Crippen molar-refractivity contribution in [2.75, 3.05) is 37.7 Å². The van der Waals surface area contributed by atoms with Gasteiger partial charge >= 0.3 is 5.97 Å². The van der Waals surface area contributed by atoms with E-state index in [2.05, 4.69) is 33.7 Å². The molecule has 0 atom stereocenters. The first-order valence-corrected chi connectivity index (χ1v) is 11.7. The first kappa shape index (κ1) is 21.0. The lowest BCUT2D eigenvalue weighted by atomic mass is 10.3. The second kappa shape index (κ2) is 9.03. The Labute approximate surface area is 164 Å². The number of carbonyl (C=O) groups is 1. The quantitative estimate of drug-likeness (QED) is 0.369. The molecule has 2 rings (SSSR count). The van der Waals surface area contributed by atoms with E-state index in [0.29, 0.717) is 18.0 Å². The zero-order chi connectivity index (χ0) is 19.3. The summed E-state index contributed by atoms with van der Waals surface area (Å²) in [5, 5.41) is 0.327. The minimum atomic E-state index is -0.652. The van der Waals surface area contributed by atoms with Gasteiger partial charge in [0, 0.05) is 11.9 Å². The predicted molar refractivity (Wildman–Crippen MR) is 105 cm³/mol. The molecule has 0 aromatic carbocycles. The van der Waals surface area contributed by atoms with Gasteiger partial charge in [0.1, 0.15) is 18.1 Å². The zero-order valence-corrected chi connectivity index (χ0v) is 17.5. The Morgan fingerprint density at radius 1 is 1.27 bits per heavy atom. The van der Waals surface area contributed by atoms with Crippen LogP contribution in [0.1, 0.15) is 17.5 Å². The van der Waals surface area contributed by atoms with E-state index in [-0.39, 0.29) is 29.5 Å². The van der Waals surface area contributed by atoms with Crippen LogP contribution in [0.15, 0.2) is 12.4 Å². The molecule has 10 heteroatoms. The first-order valence-electron chi connectivity index (χ1n) is 7.87. The van der Waals surface area contributed by atoms with Crippen LogP contribution in [0.4, 0.5) is 0 Å². The minimum Gasteiger partial charge on any atom is -0.460 e. The van der Waals surface area contributed by atoms with E-state index in [4.69, 9.17) is 32.7 Å². The molecular formula is C16H22Cl2N4O3S. The van der Waals surface area contributed by atoms with E-state index < -0.39 is 16.0 Å². The molecule has 144 valence electrons. The highest BCUT2D eigenvalue weighted by Crippen LogP contribution is 2.33. The lowest BCUT2D eigenvalue weighted by Crippen LogP contribution is -2.16. The van der Waals surface area contributed by atoms with Crippen molar-refractivity contribution >= 4 is 39.2 Å². The summed E-state index contributed by atoms with van der Waals surface area (Å²) in [6, 6.07) is 0. The number of hydrogen-bond donors (Lipinski definition) is 0. The van der Waals surface area contributed by atoms with Crippen molar-refractivity contribution in [2.45, 2.75) is 13.7 Å². The lowest BCUT2D eigenvalue weighted by molar-refractivity contribution is 0.0466. The van der Waals surface area contributed by atoms with Crippen LogP contribution in [0.3, 0.4) is 0 Å². The van der Waals surface area contributed by atoms with E-state index >= 15 is 0 Å². The number of carbonyl (C=O) groups excluding carboxylic acids is 1. The summed E-state index contributed by atoms with van der Waals surface area (Å²) in [7, 11) is -0.652. The van der Waals surface area contributed by atoms with Gasteiger partial charge in [0.25, 0.3) is 0 Å². The van der Waals surface area contributed by atoms with E-state index in [0.717, 1.165) is 5.75 Å². The van der Waals surface area contributed by atoms with Crippen LogP contribution in [-0.4, -0.2) is 63.2 Å². The van der Waals surface area contributed by atoms with Crippen LogP contribution in [-0.2, 0) is 16.2 Å². The Morgan fingerprint density at radius 2 is 2.00 bits per heavy atom. The molecule has 0 unspecified atom stereocenters. The third kappa shape index (κ3) is 5.84. The van der Waals surface area contributed by atoms with Crippen LogP contribution in [0, 0.1) is 0 Å². The van der Waals surface area contributed by atoms with Crippen molar-refractivity contribution in [1.82, 2.24) is 19.5 Å². The van der Waals surface area contributed by atoms with Crippen LogP contribution in [0.5, 0.6) is 0 Å². The van der Waals surface area contributed by atoms with Crippen molar-refractivity contribution in [2.24, 2.45) is 0 Å². The molecule has 0 aliphatic heterocycles. The van der Waals surface area contributed by atoms with Crippen LogP contribution < -0.4 is 0 Å². The summed E-state index contributed by atoms with van der Waals surface area (Å²) in [6.45, 7) is 2.74. The summed E-state index contributed by atoms with van der Waals surface area (Å²) >= 11 is 12.0. The van der Waals surface area contributed by atoms with Gasteiger partial charge in [0.2, 0.25) is 11.1 Å². The van der Waals surface area contributed by atoms with E-state index in [1.807, 2.05) is 0 Å². The molecule has 0 fully saturated rings. The highest BCUT2D eigenvalue weighted by Gasteiger charge is 2.20. The Morgan fingerprint density at radius 3 is 2.65 bits per heavy atom. The molecule has 0 spiro atoms. The maximum atomic E-state index is 12.2. The number of hydrogen-bond acceptors (Lipinski definition) is 6. The maximum absolute atomic E-state index is 12.2. The van der Waals surface area contributed by atoms with Gasteiger partial charge in [-0.3, -0.25) is 0 Å². The molecule has 2 aromatic heterocycles. The topological polar surface area (TPSA) is 79.1 Å². The van der Waals surface area contributed by atoms with Crippen LogP contribution in [0.25, 0.3) is 11.4 Å². The molecule has 0 bridgehead atoms. The van der Waals surface area contributed by atoms with Gasteiger partial charge in [0.15, 0.2) is 0 Å². The fourth-order valence-corrected chi connectivity index (χ4v) is 2.92. The molecule has 0 radical (unpaired) electrons. The third-order valence-corrected chi connectivity index (χ3v) is 5.11. The molecule has 0 aliphatic carbocycles. The first-order chi connectivity index (χ1) is 12.2. The van der Waals surface area contributed by atoms with Gasteiger partial charge in [-0.25, -0.2) is 29.8 Å². The second-order valence-electron chi connectivity index (χ2n) is 6.31. The number of aromatic nitrogens is 4. The van der Waals surface area contributed by atoms with Gasteiger partial charge in [-0.15, -0.1) is 0 Å². The minimum absolute atomic E-state index is 0.0426. The summed E-state index contributed by atoms with van der Waals surface area (Å²) < 4.78 is 12.4. The molecule has 0 aliphatic rings. The molecule has 7 nitrogen and oxygen atoms in total. The highest BCUT2D eigenvalue weighted by molar-refractivity contribution is 8.32. The van der Waals surface area contributed by atoms with Gasteiger partial charge in [0.05, 0.1) is 24.4 Å². The monoisotopic (exact) mass is 420 g/mol. The predicted octanol–water partition coefficient (Wildman–Crippen LogP) is 3.49. The molecular weight excluding hydrogens is 399 g/mol. The molecule has 2 heterocycles. The fourth-order valence-electron chi connectivity index (χ4n) is 1.98. The summed E-state index contributed by atoms with van der Waals surface area (Å²) in [6.07, 6.45) is 9.68. The van der Waals surface area contributed by atoms with Gasteiger partial charge in [-0.2, -0.15) is 0 Å².